The molecule has 138 valence electrons. The summed E-state index contributed by atoms with van der Waals surface area (Å²) in [5, 5.41) is 7.86. The van der Waals surface area contributed by atoms with Crippen LogP contribution in [0.2, 0.25) is 5.15 Å². The van der Waals surface area contributed by atoms with Crippen LogP contribution in [-0.4, -0.2) is 16.2 Å². The van der Waals surface area contributed by atoms with Crippen LogP contribution in [0.15, 0.2) is 54.6 Å². The van der Waals surface area contributed by atoms with Gasteiger partial charge < -0.3 is 9.47 Å². The molecule has 3 aromatic rings. The predicted octanol–water partition coefficient (Wildman–Crippen LogP) is 5.57. The van der Waals surface area contributed by atoms with Crippen molar-refractivity contribution < 1.29 is 14.3 Å². The van der Waals surface area contributed by atoms with Gasteiger partial charge in [0.2, 0.25) is 0 Å². The van der Waals surface area contributed by atoms with Crippen LogP contribution in [0.4, 0.5) is 0 Å². The van der Waals surface area contributed by atoms with Gasteiger partial charge in [-0.1, -0.05) is 61.3 Å². The van der Waals surface area contributed by atoms with E-state index < -0.39 is 5.97 Å². The number of para-hydroxylation sites is 1. The first-order valence-electron chi connectivity index (χ1n) is 8.53. The zero-order chi connectivity index (χ0) is 19.4. The lowest BCUT2D eigenvalue weighted by Gasteiger charge is -2.14. The van der Waals surface area contributed by atoms with Gasteiger partial charge in [0, 0.05) is 6.07 Å². The van der Waals surface area contributed by atoms with Crippen LogP contribution in [0.25, 0.3) is 0 Å². The van der Waals surface area contributed by atoms with E-state index in [2.05, 4.69) is 24.0 Å². The molecule has 1 heterocycles. The van der Waals surface area contributed by atoms with Gasteiger partial charge >= 0.3 is 5.97 Å². The van der Waals surface area contributed by atoms with Gasteiger partial charge in [0.25, 0.3) is 5.88 Å². The van der Waals surface area contributed by atoms with Crippen molar-refractivity contribution in [3.8, 4) is 17.4 Å². The Bertz CT molecular complexity index is 956. The van der Waals surface area contributed by atoms with Crippen molar-refractivity contribution in [2.24, 2.45) is 0 Å². The van der Waals surface area contributed by atoms with Crippen LogP contribution >= 0.6 is 11.6 Å². The van der Waals surface area contributed by atoms with Gasteiger partial charge in [-0.3, -0.25) is 0 Å². The third kappa shape index (κ3) is 4.63. The average Bonchev–Trinajstić information content (AvgIpc) is 2.64. The molecule has 0 saturated carbocycles. The molecule has 0 aliphatic rings. The molecule has 27 heavy (non-hydrogen) atoms. The highest BCUT2D eigenvalue weighted by molar-refractivity contribution is 6.29. The molecular weight excluding hydrogens is 364 g/mol. The lowest BCUT2D eigenvalue weighted by molar-refractivity contribution is 0.0729. The maximum Gasteiger partial charge on any atom is 0.343 e. The second-order valence-electron chi connectivity index (χ2n) is 6.39. The number of rotatable bonds is 5. The van der Waals surface area contributed by atoms with E-state index in [1.54, 1.807) is 12.1 Å². The Morgan fingerprint density at radius 2 is 1.70 bits per heavy atom. The third-order valence-electron chi connectivity index (χ3n) is 3.93. The van der Waals surface area contributed by atoms with Crippen LogP contribution < -0.4 is 9.47 Å². The normalized spacial score (nSPS) is 10.7. The zero-order valence-corrected chi connectivity index (χ0v) is 16.0. The average molecular weight is 383 g/mol. The van der Waals surface area contributed by atoms with E-state index in [1.807, 2.05) is 43.3 Å². The van der Waals surface area contributed by atoms with Crippen LogP contribution in [0.1, 0.15) is 41.3 Å². The molecule has 2 aromatic carbocycles. The predicted molar refractivity (Wildman–Crippen MR) is 104 cm³/mol. The minimum absolute atomic E-state index is 0.0768. The second kappa shape index (κ2) is 8.18. The Hall–Kier alpha value is -2.92. The smallest absolute Gasteiger partial charge is 0.343 e. The SMILES string of the molecule is Cc1ccc(C(=O)Oc2cc(Cl)nnc2Oc2ccccc2C(C)C)cc1. The molecule has 0 radical (unpaired) electrons. The summed E-state index contributed by atoms with van der Waals surface area (Å²) in [6, 6.07) is 16.1. The molecule has 3 rings (SSSR count). The number of benzene rings is 2. The van der Waals surface area contributed by atoms with Crippen molar-refractivity contribution in [3.63, 3.8) is 0 Å². The van der Waals surface area contributed by atoms with Gasteiger partial charge in [-0.05, 0) is 36.6 Å². The number of esters is 1. The molecule has 0 bridgehead atoms. The van der Waals surface area contributed by atoms with Crippen molar-refractivity contribution in [2.75, 3.05) is 0 Å². The number of hydrogen-bond acceptors (Lipinski definition) is 5. The number of hydrogen-bond donors (Lipinski definition) is 0. The summed E-state index contributed by atoms with van der Waals surface area (Å²) in [7, 11) is 0. The summed E-state index contributed by atoms with van der Waals surface area (Å²) >= 11 is 5.93. The molecule has 1 aromatic heterocycles. The van der Waals surface area contributed by atoms with Gasteiger partial charge in [0.15, 0.2) is 10.9 Å². The Balaban J connectivity index is 1.90. The molecule has 0 saturated heterocycles. The molecule has 0 N–H and O–H groups in total. The van der Waals surface area contributed by atoms with Crippen LogP contribution in [0.3, 0.4) is 0 Å². The highest BCUT2D eigenvalue weighted by Crippen LogP contribution is 2.34. The molecular formula is C21H19ClN2O3. The van der Waals surface area contributed by atoms with Crippen LogP contribution in [0, 0.1) is 6.92 Å². The van der Waals surface area contributed by atoms with Gasteiger partial charge in [0.05, 0.1) is 5.56 Å². The number of ether oxygens (including phenoxy) is 2. The molecule has 0 unspecified atom stereocenters. The molecule has 0 fully saturated rings. The fraction of sp³-hybridized carbons (Fsp3) is 0.190. The van der Waals surface area contributed by atoms with Crippen molar-refractivity contribution >= 4 is 17.6 Å². The highest BCUT2D eigenvalue weighted by Gasteiger charge is 2.18. The van der Waals surface area contributed by atoms with Crippen molar-refractivity contribution in [3.05, 3.63) is 76.4 Å². The molecule has 5 nitrogen and oxygen atoms in total. The van der Waals surface area contributed by atoms with Gasteiger partial charge in [-0.2, -0.15) is 0 Å². The third-order valence-corrected chi connectivity index (χ3v) is 4.12. The van der Waals surface area contributed by atoms with E-state index >= 15 is 0 Å². The molecule has 0 atom stereocenters. The molecule has 0 aliphatic heterocycles. The van der Waals surface area contributed by atoms with E-state index in [4.69, 9.17) is 21.1 Å². The van der Waals surface area contributed by atoms with Crippen molar-refractivity contribution in [1.29, 1.82) is 0 Å². The molecule has 6 heteroatoms. The number of carbonyl (C=O) groups excluding carboxylic acids is 1. The Morgan fingerprint density at radius 1 is 1.00 bits per heavy atom. The Labute approximate surface area is 162 Å². The Morgan fingerprint density at radius 3 is 2.41 bits per heavy atom. The van der Waals surface area contributed by atoms with Crippen LogP contribution in [-0.2, 0) is 0 Å². The number of halogens is 1. The lowest BCUT2D eigenvalue weighted by Crippen LogP contribution is -2.10. The van der Waals surface area contributed by atoms with Crippen molar-refractivity contribution in [2.45, 2.75) is 26.7 Å². The highest BCUT2D eigenvalue weighted by atomic mass is 35.5. The fourth-order valence-corrected chi connectivity index (χ4v) is 2.62. The summed E-state index contributed by atoms with van der Waals surface area (Å²) in [5.74, 6) is 0.532. The topological polar surface area (TPSA) is 61.3 Å². The lowest BCUT2D eigenvalue weighted by atomic mass is 10.0. The van der Waals surface area contributed by atoms with E-state index in [0.29, 0.717) is 11.3 Å². The number of aromatic nitrogens is 2. The van der Waals surface area contributed by atoms with E-state index in [0.717, 1.165) is 11.1 Å². The monoisotopic (exact) mass is 382 g/mol. The summed E-state index contributed by atoms with van der Waals surface area (Å²) in [6.07, 6.45) is 0. The first kappa shape index (κ1) is 18.9. The van der Waals surface area contributed by atoms with E-state index in [1.165, 1.54) is 6.07 Å². The second-order valence-corrected chi connectivity index (χ2v) is 6.77. The minimum atomic E-state index is -0.527. The summed E-state index contributed by atoms with van der Waals surface area (Å²) < 4.78 is 11.4. The quantitative estimate of drug-likeness (QED) is 0.539. The summed E-state index contributed by atoms with van der Waals surface area (Å²) in [4.78, 5) is 12.4. The van der Waals surface area contributed by atoms with Gasteiger partial charge in [-0.25, -0.2) is 4.79 Å². The fourth-order valence-electron chi connectivity index (χ4n) is 2.49. The number of nitrogens with zero attached hydrogens (tertiary/aromatic N) is 2. The first-order valence-corrected chi connectivity index (χ1v) is 8.90. The van der Waals surface area contributed by atoms with E-state index in [9.17, 15) is 4.79 Å². The molecule has 0 amide bonds. The first-order chi connectivity index (χ1) is 12.9. The largest absolute Gasteiger partial charge is 0.435 e. The maximum absolute atomic E-state index is 12.4. The standard InChI is InChI=1S/C21H19ClN2O3/c1-13(2)16-6-4-5-7-17(16)26-20-18(12-19(22)23-24-20)27-21(25)15-10-8-14(3)9-11-15/h4-13H,1-3H3. The molecule has 0 spiro atoms. The summed E-state index contributed by atoms with van der Waals surface area (Å²) in [5.41, 5.74) is 2.47. The number of aryl methyl sites for hydroxylation is 1. The maximum atomic E-state index is 12.4. The van der Waals surface area contributed by atoms with Crippen LogP contribution in [0.5, 0.6) is 17.4 Å². The van der Waals surface area contributed by atoms with E-state index in [-0.39, 0.29) is 22.7 Å². The minimum Gasteiger partial charge on any atom is -0.435 e. The van der Waals surface area contributed by atoms with Gasteiger partial charge in [-0.15, -0.1) is 10.2 Å². The molecule has 0 aliphatic carbocycles. The number of carbonyl (C=O) groups is 1. The Kier molecular flexibility index (Phi) is 5.72. The summed E-state index contributed by atoms with van der Waals surface area (Å²) in [6.45, 7) is 6.07. The van der Waals surface area contributed by atoms with Gasteiger partial charge in [0.1, 0.15) is 5.75 Å². The van der Waals surface area contributed by atoms with Crippen molar-refractivity contribution in [1.82, 2.24) is 10.2 Å². The zero-order valence-electron chi connectivity index (χ0n) is 15.3.